The molecule has 0 amide bonds. The number of hydrogen-bond acceptors (Lipinski definition) is 3. The van der Waals surface area contributed by atoms with Crippen LogP contribution in [0.1, 0.15) is 83.3 Å². The predicted octanol–water partition coefficient (Wildman–Crippen LogP) is 7.59. The van der Waals surface area contributed by atoms with Crippen LogP contribution in [-0.2, 0) is 22.5 Å². The SMILES string of the molecule is CCCCCCCCCc1cccc(OC(C)COC(=O)C(CC)C[N+](C)(C)Cc2ccccc2)c1. The van der Waals surface area contributed by atoms with Crippen molar-refractivity contribution in [2.75, 3.05) is 27.2 Å². The molecule has 0 aliphatic heterocycles. The van der Waals surface area contributed by atoms with E-state index >= 15 is 0 Å². The van der Waals surface area contributed by atoms with E-state index in [1.54, 1.807) is 0 Å². The second kappa shape index (κ2) is 16.4. The molecule has 2 atom stereocenters. The highest BCUT2D eigenvalue weighted by Crippen LogP contribution is 2.19. The van der Waals surface area contributed by atoms with E-state index < -0.39 is 0 Å². The maximum atomic E-state index is 12.9. The fourth-order valence-electron chi connectivity index (χ4n) is 4.75. The van der Waals surface area contributed by atoms with Crippen molar-refractivity contribution in [3.8, 4) is 5.75 Å². The standard InChI is InChI=1S/C32H50NO3/c1-6-8-9-10-11-12-14-18-28-21-17-22-31(23-28)36-27(3)26-35-32(34)30(7-2)25-33(4,5)24-29-19-15-13-16-20-29/h13,15-17,19-23,27,30H,6-12,14,18,24-26H2,1-5H3/q+1. The summed E-state index contributed by atoms with van der Waals surface area (Å²) >= 11 is 0. The zero-order chi connectivity index (χ0) is 26.2. The molecule has 4 heteroatoms. The number of ether oxygens (including phenoxy) is 2. The molecular weight excluding hydrogens is 446 g/mol. The first-order valence-electron chi connectivity index (χ1n) is 14.1. The van der Waals surface area contributed by atoms with Crippen LogP contribution in [0.15, 0.2) is 54.6 Å². The minimum atomic E-state index is -0.188. The molecule has 0 N–H and O–H groups in total. The first-order chi connectivity index (χ1) is 17.3. The Morgan fingerprint density at radius 1 is 0.861 bits per heavy atom. The monoisotopic (exact) mass is 496 g/mol. The zero-order valence-electron chi connectivity index (χ0n) is 23.5. The Morgan fingerprint density at radius 3 is 2.22 bits per heavy atom. The molecular formula is C32H50NO3+. The summed E-state index contributed by atoms with van der Waals surface area (Å²) in [6.07, 6.45) is 10.9. The number of rotatable bonds is 18. The fourth-order valence-corrected chi connectivity index (χ4v) is 4.75. The third kappa shape index (κ3) is 12.1. The van der Waals surface area contributed by atoms with Crippen LogP contribution in [0.4, 0.5) is 0 Å². The van der Waals surface area contributed by atoms with Gasteiger partial charge in [0.1, 0.15) is 30.9 Å². The van der Waals surface area contributed by atoms with Gasteiger partial charge in [-0.05, 0) is 43.9 Å². The molecule has 2 aromatic carbocycles. The number of hydrogen-bond donors (Lipinski definition) is 0. The van der Waals surface area contributed by atoms with Gasteiger partial charge >= 0.3 is 5.97 Å². The predicted molar refractivity (Wildman–Crippen MR) is 150 cm³/mol. The Bertz CT molecular complexity index is 865. The van der Waals surface area contributed by atoms with Crippen LogP contribution < -0.4 is 4.74 Å². The molecule has 0 heterocycles. The molecule has 200 valence electrons. The summed E-state index contributed by atoms with van der Waals surface area (Å²) in [4.78, 5) is 12.9. The summed E-state index contributed by atoms with van der Waals surface area (Å²) in [6.45, 7) is 8.19. The van der Waals surface area contributed by atoms with Crippen molar-refractivity contribution in [2.45, 2.75) is 91.2 Å². The van der Waals surface area contributed by atoms with Crippen LogP contribution in [0.5, 0.6) is 5.75 Å². The van der Waals surface area contributed by atoms with Gasteiger partial charge in [-0.1, -0.05) is 94.8 Å². The van der Waals surface area contributed by atoms with Crippen LogP contribution in [0, 0.1) is 5.92 Å². The van der Waals surface area contributed by atoms with E-state index in [0.717, 1.165) is 36.2 Å². The fraction of sp³-hybridized carbons (Fsp3) is 0.594. The summed E-state index contributed by atoms with van der Waals surface area (Å²) < 4.78 is 12.5. The number of carbonyl (C=O) groups is 1. The van der Waals surface area contributed by atoms with Gasteiger partial charge < -0.3 is 14.0 Å². The number of nitrogens with zero attached hydrogens (tertiary/aromatic N) is 1. The minimum Gasteiger partial charge on any atom is -0.487 e. The van der Waals surface area contributed by atoms with E-state index in [1.807, 2.05) is 19.1 Å². The van der Waals surface area contributed by atoms with Gasteiger partial charge in [0.05, 0.1) is 20.6 Å². The van der Waals surface area contributed by atoms with E-state index in [4.69, 9.17) is 9.47 Å². The summed E-state index contributed by atoms with van der Waals surface area (Å²) in [6, 6.07) is 18.8. The maximum Gasteiger partial charge on any atom is 0.314 e. The quantitative estimate of drug-likeness (QED) is 0.121. The van der Waals surface area contributed by atoms with Gasteiger partial charge in [0.25, 0.3) is 0 Å². The van der Waals surface area contributed by atoms with Crippen molar-refractivity contribution in [1.29, 1.82) is 0 Å². The van der Waals surface area contributed by atoms with Crippen molar-refractivity contribution < 1.29 is 18.8 Å². The van der Waals surface area contributed by atoms with Crippen LogP contribution in [0.3, 0.4) is 0 Å². The number of quaternary nitrogens is 1. The van der Waals surface area contributed by atoms with Crippen LogP contribution in [0.25, 0.3) is 0 Å². The third-order valence-electron chi connectivity index (χ3n) is 6.76. The van der Waals surface area contributed by atoms with E-state index in [2.05, 4.69) is 70.4 Å². The third-order valence-corrected chi connectivity index (χ3v) is 6.76. The van der Waals surface area contributed by atoms with Gasteiger partial charge in [0.15, 0.2) is 0 Å². The average molecular weight is 497 g/mol. The Labute approximate surface area is 220 Å². The van der Waals surface area contributed by atoms with Crippen LogP contribution in [0.2, 0.25) is 0 Å². The molecule has 0 radical (unpaired) electrons. The van der Waals surface area contributed by atoms with E-state index in [0.29, 0.717) is 0 Å². The van der Waals surface area contributed by atoms with Gasteiger partial charge in [0, 0.05) is 5.56 Å². The minimum absolute atomic E-state index is 0.124. The first kappa shape index (κ1) is 29.9. The number of benzene rings is 2. The number of carbonyl (C=O) groups excluding carboxylic acids is 1. The van der Waals surface area contributed by atoms with Crippen molar-refractivity contribution in [2.24, 2.45) is 5.92 Å². The number of aryl methyl sites for hydroxylation is 1. The van der Waals surface area contributed by atoms with E-state index in [1.165, 1.54) is 56.1 Å². The summed E-state index contributed by atoms with van der Waals surface area (Å²) in [7, 11) is 4.35. The maximum absolute atomic E-state index is 12.9. The second-order valence-corrected chi connectivity index (χ2v) is 10.9. The van der Waals surface area contributed by atoms with Gasteiger partial charge in [-0.3, -0.25) is 4.79 Å². The lowest BCUT2D eigenvalue weighted by molar-refractivity contribution is -0.906. The van der Waals surface area contributed by atoms with Gasteiger partial charge in [-0.15, -0.1) is 0 Å². The van der Waals surface area contributed by atoms with E-state index in [-0.39, 0.29) is 24.6 Å². The summed E-state index contributed by atoms with van der Waals surface area (Å²) in [5.41, 5.74) is 2.59. The molecule has 2 rings (SSSR count). The van der Waals surface area contributed by atoms with Gasteiger partial charge in [0.2, 0.25) is 0 Å². The summed E-state index contributed by atoms with van der Waals surface area (Å²) in [5.74, 6) is 0.604. The largest absolute Gasteiger partial charge is 0.487 e. The Balaban J connectivity index is 1.74. The molecule has 0 spiro atoms. The zero-order valence-corrected chi connectivity index (χ0v) is 23.5. The van der Waals surface area contributed by atoms with Crippen LogP contribution >= 0.6 is 0 Å². The molecule has 4 nitrogen and oxygen atoms in total. The molecule has 2 unspecified atom stereocenters. The Kier molecular flexibility index (Phi) is 13.6. The molecule has 0 bridgehead atoms. The molecule has 0 saturated carbocycles. The van der Waals surface area contributed by atoms with Gasteiger partial charge in [-0.25, -0.2) is 0 Å². The normalized spacial score (nSPS) is 13.2. The van der Waals surface area contributed by atoms with E-state index in [9.17, 15) is 4.79 Å². The number of unbranched alkanes of at least 4 members (excludes halogenated alkanes) is 6. The lowest BCUT2D eigenvalue weighted by Gasteiger charge is -2.32. The number of esters is 1. The molecule has 0 aromatic heterocycles. The first-order valence-corrected chi connectivity index (χ1v) is 14.1. The highest BCUT2D eigenvalue weighted by atomic mass is 16.6. The molecule has 0 saturated heterocycles. The second-order valence-electron chi connectivity index (χ2n) is 10.9. The molecule has 2 aromatic rings. The van der Waals surface area contributed by atoms with Crippen LogP contribution in [-0.4, -0.2) is 43.8 Å². The summed E-state index contributed by atoms with van der Waals surface area (Å²) in [5, 5.41) is 0. The smallest absolute Gasteiger partial charge is 0.314 e. The highest BCUT2D eigenvalue weighted by Gasteiger charge is 2.28. The lowest BCUT2D eigenvalue weighted by atomic mass is 10.0. The van der Waals surface area contributed by atoms with Crippen molar-refractivity contribution in [1.82, 2.24) is 0 Å². The van der Waals surface area contributed by atoms with Gasteiger partial charge in [-0.2, -0.15) is 0 Å². The van der Waals surface area contributed by atoms with Crippen molar-refractivity contribution in [3.05, 3.63) is 65.7 Å². The molecule has 36 heavy (non-hydrogen) atoms. The Hall–Kier alpha value is -2.33. The van der Waals surface area contributed by atoms with Crippen molar-refractivity contribution >= 4 is 5.97 Å². The molecule has 0 aliphatic rings. The average Bonchev–Trinajstić information content (AvgIpc) is 2.86. The topological polar surface area (TPSA) is 35.5 Å². The lowest BCUT2D eigenvalue weighted by Crippen LogP contribution is -2.45. The highest BCUT2D eigenvalue weighted by molar-refractivity contribution is 5.72. The molecule has 0 fully saturated rings. The molecule has 0 aliphatic carbocycles. The van der Waals surface area contributed by atoms with Crippen molar-refractivity contribution in [3.63, 3.8) is 0 Å². The Morgan fingerprint density at radius 2 is 1.53 bits per heavy atom.